The van der Waals surface area contributed by atoms with Crippen molar-refractivity contribution in [1.29, 1.82) is 0 Å². The summed E-state index contributed by atoms with van der Waals surface area (Å²) in [6.45, 7) is 3.14. The number of methoxy groups -OCH3 is 1. The Balaban J connectivity index is 2.36. The molecule has 0 aliphatic rings. The minimum Gasteiger partial charge on any atom is -0.382 e. The Bertz CT molecular complexity index is 361. The van der Waals surface area contributed by atoms with Crippen molar-refractivity contribution in [2.75, 3.05) is 26.9 Å². The Morgan fingerprint density at radius 3 is 2.82 bits per heavy atom. The van der Waals surface area contributed by atoms with Gasteiger partial charge in [0.1, 0.15) is 6.61 Å². The highest BCUT2D eigenvalue weighted by Gasteiger charge is 2.09. The van der Waals surface area contributed by atoms with Gasteiger partial charge in [0.25, 0.3) is 0 Å². The summed E-state index contributed by atoms with van der Waals surface area (Å²) >= 11 is 0. The van der Waals surface area contributed by atoms with Gasteiger partial charge in [-0.05, 0) is 12.5 Å². The van der Waals surface area contributed by atoms with Gasteiger partial charge in [-0.25, -0.2) is 0 Å². The first-order valence-corrected chi connectivity index (χ1v) is 5.77. The lowest BCUT2D eigenvalue weighted by atomic mass is 10.2. The van der Waals surface area contributed by atoms with E-state index in [4.69, 9.17) is 9.47 Å². The van der Waals surface area contributed by atoms with Crippen LogP contribution in [0.1, 0.15) is 18.3 Å². The third kappa shape index (κ3) is 4.66. The standard InChI is InChI=1S/C12H20N2O3/c1-4-10-7-11(14(2)13-10)8-12(15)9-17-6-5-16-3/h7H,4-6,8-9H2,1-3H3. The number of aromatic nitrogens is 2. The van der Waals surface area contributed by atoms with Gasteiger partial charge in [0.15, 0.2) is 5.78 Å². The van der Waals surface area contributed by atoms with Crippen LogP contribution in [0.5, 0.6) is 0 Å². The summed E-state index contributed by atoms with van der Waals surface area (Å²) in [5, 5.41) is 4.30. The Morgan fingerprint density at radius 2 is 2.24 bits per heavy atom. The molecule has 0 aliphatic heterocycles. The van der Waals surface area contributed by atoms with Crippen LogP contribution in [-0.4, -0.2) is 42.5 Å². The van der Waals surface area contributed by atoms with Crippen LogP contribution in [0, 0.1) is 0 Å². The average molecular weight is 240 g/mol. The highest BCUT2D eigenvalue weighted by Crippen LogP contribution is 2.05. The van der Waals surface area contributed by atoms with E-state index in [1.165, 1.54) is 0 Å². The van der Waals surface area contributed by atoms with Crippen LogP contribution in [0.25, 0.3) is 0 Å². The number of carbonyl (C=O) groups is 1. The van der Waals surface area contributed by atoms with Crippen molar-refractivity contribution in [2.24, 2.45) is 7.05 Å². The molecule has 5 heteroatoms. The number of ether oxygens (including phenoxy) is 2. The van der Waals surface area contributed by atoms with E-state index in [0.29, 0.717) is 19.6 Å². The molecule has 1 aromatic heterocycles. The molecule has 1 heterocycles. The smallest absolute Gasteiger partial charge is 0.164 e. The van der Waals surface area contributed by atoms with Crippen molar-refractivity contribution in [2.45, 2.75) is 19.8 Å². The lowest BCUT2D eigenvalue weighted by Gasteiger charge is -2.03. The predicted octanol–water partition coefficient (Wildman–Crippen LogP) is 0.757. The Hall–Kier alpha value is -1.20. The molecule has 96 valence electrons. The predicted molar refractivity (Wildman–Crippen MR) is 64.0 cm³/mol. The number of Topliss-reactive ketones (excluding diaryl/α,β-unsaturated/α-hetero) is 1. The number of hydrogen-bond donors (Lipinski definition) is 0. The van der Waals surface area contributed by atoms with Gasteiger partial charge in [-0.1, -0.05) is 6.92 Å². The Kier molecular flexibility index (Phi) is 5.86. The maximum atomic E-state index is 11.6. The Labute approximate surface area is 102 Å². The van der Waals surface area contributed by atoms with Crippen LogP contribution < -0.4 is 0 Å². The van der Waals surface area contributed by atoms with Gasteiger partial charge in [-0.2, -0.15) is 5.10 Å². The van der Waals surface area contributed by atoms with Crippen molar-refractivity contribution >= 4 is 5.78 Å². The zero-order chi connectivity index (χ0) is 12.7. The van der Waals surface area contributed by atoms with Crippen molar-refractivity contribution < 1.29 is 14.3 Å². The molecule has 0 saturated carbocycles. The first-order chi connectivity index (χ1) is 8.17. The third-order valence-electron chi connectivity index (χ3n) is 2.46. The SMILES string of the molecule is CCc1cc(CC(=O)COCCOC)n(C)n1. The molecule has 0 unspecified atom stereocenters. The summed E-state index contributed by atoms with van der Waals surface area (Å²) in [4.78, 5) is 11.6. The third-order valence-corrected chi connectivity index (χ3v) is 2.46. The maximum Gasteiger partial charge on any atom is 0.164 e. The van der Waals surface area contributed by atoms with Crippen LogP contribution in [0.15, 0.2) is 6.07 Å². The fourth-order valence-electron chi connectivity index (χ4n) is 1.49. The molecule has 5 nitrogen and oxygen atoms in total. The van der Waals surface area contributed by atoms with E-state index in [2.05, 4.69) is 5.10 Å². The van der Waals surface area contributed by atoms with Gasteiger partial charge in [-0.15, -0.1) is 0 Å². The molecule has 0 aliphatic carbocycles. The molecular formula is C12H20N2O3. The zero-order valence-electron chi connectivity index (χ0n) is 10.7. The second-order valence-corrected chi connectivity index (χ2v) is 3.87. The van der Waals surface area contributed by atoms with Crippen LogP contribution in [0.4, 0.5) is 0 Å². The first-order valence-electron chi connectivity index (χ1n) is 5.77. The van der Waals surface area contributed by atoms with Crippen molar-refractivity contribution in [3.8, 4) is 0 Å². The fourth-order valence-corrected chi connectivity index (χ4v) is 1.49. The number of aryl methyl sites for hydroxylation is 2. The summed E-state index contributed by atoms with van der Waals surface area (Å²) in [5.74, 6) is 0.0618. The van der Waals surface area contributed by atoms with E-state index in [1.54, 1.807) is 11.8 Å². The molecule has 0 amide bonds. The second kappa shape index (κ2) is 7.19. The van der Waals surface area contributed by atoms with Gasteiger partial charge in [0, 0.05) is 19.9 Å². The van der Waals surface area contributed by atoms with Crippen LogP contribution in [-0.2, 0) is 34.2 Å². The molecule has 17 heavy (non-hydrogen) atoms. The van der Waals surface area contributed by atoms with E-state index < -0.39 is 0 Å². The van der Waals surface area contributed by atoms with E-state index in [-0.39, 0.29) is 12.4 Å². The van der Waals surface area contributed by atoms with E-state index in [1.807, 2.05) is 20.0 Å². The molecule has 0 N–H and O–H groups in total. The molecular weight excluding hydrogens is 220 g/mol. The molecule has 0 bridgehead atoms. The molecule has 0 fully saturated rings. The molecule has 0 radical (unpaired) electrons. The topological polar surface area (TPSA) is 53.4 Å². The van der Waals surface area contributed by atoms with E-state index >= 15 is 0 Å². The van der Waals surface area contributed by atoms with Crippen molar-refractivity contribution in [1.82, 2.24) is 9.78 Å². The molecule has 0 aromatic carbocycles. The van der Waals surface area contributed by atoms with Gasteiger partial charge in [0.05, 0.1) is 25.3 Å². The number of hydrogen-bond acceptors (Lipinski definition) is 4. The maximum absolute atomic E-state index is 11.6. The monoisotopic (exact) mass is 240 g/mol. The minimum atomic E-state index is 0.0618. The Morgan fingerprint density at radius 1 is 1.47 bits per heavy atom. The lowest BCUT2D eigenvalue weighted by Crippen LogP contribution is -2.15. The normalized spacial score (nSPS) is 10.8. The largest absolute Gasteiger partial charge is 0.382 e. The van der Waals surface area contributed by atoms with Gasteiger partial charge in [0.2, 0.25) is 0 Å². The first kappa shape index (κ1) is 13.9. The summed E-state index contributed by atoms with van der Waals surface area (Å²) in [6, 6.07) is 1.97. The van der Waals surface area contributed by atoms with Crippen LogP contribution in [0.3, 0.4) is 0 Å². The summed E-state index contributed by atoms with van der Waals surface area (Å²) < 4.78 is 11.8. The minimum absolute atomic E-state index is 0.0618. The van der Waals surface area contributed by atoms with Crippen LogP contribution in [0.2, 0.25) is 0 Å². The lowest BCUT2D eigenvalue weighted by molar-refractivity contribution is -0.123. The number of ketones is 1. The highest BCUT2D eigenvalue weighted by molar-refractivity contribution is 5.81. The molecule has 1 aromatic rings. The molecule has 0 saturated heterocycles. The fraction of sp³-hybridized carbons (Fsp3) is 0.667. The quantitative estimate of drug-likeness (QED) is 0.629. The molecule has 0 atom stereocenters. The number of carbonyl (C=O) groups excluding carboxylic acids is 1. The summed E-state index contributed by atoms with van der Waals surface area (Å²) in [7, 11) is 3.46. The van der Waals surface area contributed by atoms with Gasteiger partial charge in [-0.3, -0.25) is 9.48 Å². The highest BCUT2D eigenvalue weighted by atomic mass is 16.5. The second-order valence-electron chi connectivity index (χ2n) is 3.87. The number of nitrogens with zero attached hydrogens (tertiary/aromatic N) is 2. The van der Waals surface area contributed by atoms with Gasteiger partial charge < -0.3 is 9.47 Å². The molecule has 0 spiro atoms. The zero-order valence-corrected chi connectivity index (χ0v) is 10.7. The van der Waals surface area contributed by atoms with Crippen molar-refractivity contribution in [3.63, 3.8) is 0 Å². The van der Waals surface area contributed by atoms with Crippen molar-refractivity contribution in [3.05, 3.63) is 17.5 Å². The average Bonchev–Trinajstić information content (AvgIpc) is 2.66. The molecule has 1 rings (SSSR count). The van der Waals surface area contributed by atoms with E-state index in [9.17, 15) is 4.79 Å². The summed E-state index contributed by atoms with van der Waals surface area (Å²) in [6.07, 6.45) is 1.25. The van der Waals surface area contributed by atoms with Crippen LogP contribution >= 0.6 is 0 Å². The van der Waals surface area contributed by atoms with Gasteiger partial charge >= 0.3 is 0 Å². The summed E-state index contributed by atoms with van der Waals surface area (Å²) in [5.41, 5.74) is 1.94. The van der Waals surface area contributed by atoms with E-state index in [0.717, 1.165) is 17.8 Å². The number of rotatable bonds is 8.